The quantitative estimate of drug-likeness (QED) is 0.725. The number of aromatic nitrogens is 2. The van der Waals surface area contributed by atoms with E-state index in [1.165, 1.54) is 6.07 Å². The SMILES string of the molecule is CC(C)Oc1cccc(C(C)NS(=O)(=O)c2cccc3nonc23)c1. The Kier molecular flexibility index (Phi) is 4.73. The number of nitrogens with zero attached hydrogens (tertiary/aromatic N) is 2. The van der Waals surface area contributed by atoms with Gasteiger partial charge in [0.05, 0.1) is 6.10 Å². The van der Waals surface area contributed by atoms with E-state index in [1.54, 1.807) is 19.1 Å². The maximum atomic E-state index is 12.7. The molecular formula is C17H19N3O4S. The first-order chi connectivity index (χ1) is 11.9. The zero-order valence-electron chi connectivity index (χ0n) is 14.1. The maximum Gasteiger partial charge on any atom is 0.243 e. The third-order valence-corrected chi connectivity index (χ3v) is 5.17. The van der Waals surface area contributed by atoms with E-state index in [4.69, 9.17) is 4.74 Å². The van der Waals surface area contributed by atoms with Crippen molar-refractivity contribution in [1.29, 1.82) is 0 Å². The van der Waals surface area contributed by atoms with Gasteiger partial charge in [-0.2, -0.15) is 0 Å². The zero-order valence-corrected chi connectivity index (χ0v) is 14.9. The van der Waals surface area contributed by atoms with E-state index in [0.29, 0.717) is 11.3 Å². The molecule has 2 aromatic carbocycles. The van der Waals surface area contributed by atoms with Crippen LogP contribution in [0.2, 0.25) is 0 Å². The molecule has 1 heterocycles. The number of benzene rings is 2. The molecule has 3 rings (SSSR count). The maximum absolute atomic E-state index is 12.7. The van der Waals surface area contributed by atoms with E-state index in [9.17, 15) is 8.42 Å². The molecule has 8 heteroatoms. The van der Waals surface area contributed by atoms with Gasteiger partial charge in [0.25, 0.3) is 0 Å². The molecule has 1 unspecified atom stereocenters. The van der Waals surface area contributed by atoms with Crippen molar-refractivity contribution in [2.75, 3.05) is 0 Å². The lowest BCUT2D eigenvalue weighted by atomic mass is 10.1. The summed E-state index contributed by atoms with van der Waals surface area (Å²) in [6.07, 6.45) is 0.0412. The van der Waals surface area contributed by atoms with Gasteiger partial charge in [-0.3, -0.25) is 0 Å². The minimum absolute atomic E-state index is 0.0349. The molecule has 1 aromatic heterocycles. The molecule has 0 bridgehead atoms. The van der Waals surface area contributed by atoms with Crippen LogP contribution < -0.4 is 9.46 Å². The highest BCUT2D eigenvalue weighted by Gasteiger charge is 2.23. The van der Waals surface area contributed by atoms with Gasteiger partial charge in [0.1, 0.15) is 16.2 Å². The number of hydrogen-bond acceptors (Lipinski definition) is 6. The Morgan fingerprint density at radius 2 is 1.84 bits per heavy atom. The predicted octanol–water partition coefficient (Wildman–Crippen LogP) is 3.05. The molecule has 0 aliphatic rings. The second-order valence-corrected chi connectivity index (χ2v) is 7.65. The monoisotopic (exact) mass is 361 g/mol. The Balaban J connectivity index is 1.87. The van der Waals surface area contributed by atoms with E-state index >= 15 is 0 Å². The highest BCUT2D eigenvalue weighted by atomic mass is 32.2. The number of hydrogen-bond donors (Lipinski definition) is 1. The Morgan fingerprint density at radius 3 is 2.60 bits per heavy atom. The third kappa shape index (κ3) is 3.80. The second-order valence-electron chi connectivity index (χ2n) is 5.97. The summed E-state index contributed by atoms with van der Waals surface area (Å²) in [6.45, 7) is 5.64. The third-order valence-electron chi connectivity index (χ3n) is 3.60. The molecule has 0 saturated carbocycles. The Bertz CT molecular complexity index is 982. The van der Waals surface area contributed by atoms with Crippen LogP contribution in [0.3, 0.4) is 0 Å². The summed E-state index contributed by atoms with van der Waals surface area (Å²) in [4.78, 5) is 0.0349. The van der Waals surface area contributed by atoms with Gasteiger partial charge in [0, 0.05) is 6.04 Å². The summed E-state index contributed by atoms with van der Waals surface area (Å²) in [7, 11) is -3.79. The molecule has 0 fully saturated rings. The van der Waals surface area contributed by atoms with Crippen molar-refractivity contribution >= 4 is 21.1 Å². The number of sulfonamides is 1. The van der Waals surface area contributed by atoms with Crippen molar-refractivity contribution in [2.24, 2.45) is 0 Å². The van der Waals surface area contributed by atoms with E-state index in [0.717, 1.165) is 5.56 Å². The average molecular weight is 361 g/mol. The molecule has 0 saturated heterocycles. The van der Waals surface area contributed by atoms with Crippen LogP contribution in [0.5, 0.6) is 5.75 Å². The topological polar surface area (TPSA) is 94.3 Å². The molecule has 25 heavy (non-hydrogen) atoms. The summed E-state index contributed by atoms with van der Waals surface area (Å²) in [6, 6.07) is 11.6. The van der Waals surface area contributed by atoms with Crippen LogP contribution in [0.4, 0.5) is 0 Å². The van der Waals surface area contributed by atoms with Gasteiger partial charge in [0.2, 0.25) is 10.0 Å². The summed E-state index contributed by atoms with van der Waals surface area (Å²) in [5.74, 6) is 0.696. The van der Waals surface area contributed by atoms with Crippen LogP contribution in [0, 0.1) is 0 Å². The first-order valence-corrected chi connectivity index (χ1v) is 9.35. The standard InChI is InChI=1S/C17H19N3O4S/c1-11(2)23-14-7-4-6-13(10-14)12(3)20-25(21,22)16-9-5-8-15-17(16)19-24-18-15/h4-12,20H,1-3H3. The van der Waals surface area contributed by atoms with Gasteiger partial charge in [-0.15, -0.1) is 0 Å². The number of ether oxygens (including phenoxy) is 1. The number of rotatable bonds is 6. The Hall–Kier alpha value is -2.45. The van der Waals surface area contributed by atoms with Crippen LogP contribution in [-0.4, -0.2) is 24.8 Å². The molecule has 1 atom stereocenters. The minimum atomic E-state index is -3.79. The molecule has 0 aliphatic carbocycles. The van der Waals surface area contributed by atoms with Crippen molar-refractivity contribution < 1.29 is 17.8 Å². The van der Waals surface area contributed by atoms with Gasteiger partial charge in [-0.1, -0.05) is 18.2 Å². The van der Waals surface area contributed by atoms with Crippen LogP contribution in [0.1, 0.15) is 32.4 Å². The first-order valence-electron chi connectivity index (χ1n) is 7.87. The fourth-order valence-corrected chi connectivity index (χ4v) is 3.87. The van der Waals surface area contributed by atoms with Crippen LogP contribution in [0.15, 0.2) is 52.0 Å². The van der Waals surface area contributed by atoms with Gasteiger partial charge < -0.3 is 4.74 Å². The summed E-state index contributed by atoms with van der Waals surface area (Å²) in [5.41, 5.74) is 1.40. The molecular weight excluding hydrogens is 342 g/mol. The van der Waals surface area contributed by atoms with E-state index in [2.05, 4.69) is 19.7 Å². The summed E-state index contributed by atoms with van der Waals surface area (Å²) >= 11 is 0. The lowest BCUT2D eigenvalue weighted by molar-refractivity contribution is 0.242. The van der Waals surface area contributed by atoms with Crippen molar-refractivity contribution in [1.82, 2.24) is 15.0 Å². The molecule has 0 radical (unpaired) electrons. The Morgan fingerprint density at radius 1 is 1.08 bits per heavy atom. The van der Waals surface area contributed by atoms with E-state index in [-0.39, 0.29) is 16.5 Å². The highest BCUT2D eigenvalue weighted by Crippen LogP contribution is 2.24. The summed E-state index contributed by atoms with van der Waals surface area (Å²) in [5, 5.41) is 7.36. The molecule has 3 aromatic rings. The van der Waals surface area contributed by atoms with Gasteiger partial charge in [-0.25, -0.2) is 17.8 Å². The average Bonchev–Trinajstić information content (AvgIpc) is 3.02. The van der Waals surface area contributed by atoms with E-state index in [1.807, 2.05) is 38.1 Å². The number of nitrogens with one attached hydrogen (secondary N) is 1. The normalized spacial score (nSPS) is 13.3. The van der Waals surface area contributed by atoms with Crippen LogP contribution >= 0.6 is 0 Å². The smallest absolute Gasteiger partial charge is 0.243 e. The summed E-state index contributed by atoms with van der Waals surface area (Å²) < 4.78 is 38.4. The highest BCUT2D eigenvalue weighted by molar-refractivity contribution is 7.89. The second kappa shape index (κ2) is 6.81. The van der Waals surface area contributed by atoms with Gasteiger partial charge >= 0.3 is 0 Å². The van der Waals surface area contributed by atoms with Crippen molar-refractivity contribution in [2.45, 2.75) is 37.8 Å². The lowest BCUT2D eigenvalue weighted by Crippen LogP contribution is -2.27. The minimum Gasteiger partial charge on any atom is -0.491 e. The fraction of sp³-hybridized carbons (Fsp3) is 0.294. The zero-order chi connectivity index (χ0) is 18.0. The van der Waals surface area contributed by atoms with Crippen LogP contribution in [-0.2, 0) is 10.0 Å². The van der Waals surface area contributed by atoms with Gasteiger partial charge in [-0.05, 0) is 60.9 Å². The molecule has 1 N–H and O–H groups in total. The molecule has 0 amide bonds. The molecule has 0 aliphatic heterocycles. The number of fused-ring (bicyclic) bond motifs is 1. The Labute approximate surface area is 146 Å². The van der Waals surface area contributed by atoms with E-state index < -0.39 is 16.1 Å². The molecule has 0 spiro atoms. The molecule has 132 valence electrons. The first kappa shape index (κ1) is 17.4. The predicted molar refractivity (Wildman–Crippen MR) is 92.7 cm³/mol. The fourth-order valence-electron chi connectivity index (χ4n) is 2.49. The van der Waals surface area contributed by atoms with Gasteiger partial charge in [0.15, 0.2) is 5.52 Å². The lowest BCUT2D eigenvalue weighted by Gasteiger charge is -2.16. The van der Waals surface area contributed by atoms with Crippen molar-refractivity contribution in [3.05, 3.63) is 48.0 Å². The van der Waals surface area contributed by atoms with Crippen molar-refractivity contribution in [3.8, 4) is 5.75 Å². The largest absolute Gasteiger partial charge is 0.491 e. The van der Waals surface area contributed by atoms with Crippen molar-refractivity contribution in [3.63, 3.8) is 0 Å². The molecule has 7 nitrogen and oxygen atoms in total. The van der Waals surface area contributed by atoms with Crippen LogP contribution in [0.25, 0.3) is 11.0 Å².